The lowest BCUT2D eigenvalue weighted by Gasteiger charge is -2.17. The number of carbonyl (C=O) groups is 1. The number of aryl methyl sites for hydroxylation is 1. The Morgan fingerprint density at radius 2 is 2.29 bits per heavy atom. The molecule has 0 heterocycles. The first-order chi connectivity index (χ1) is 8.20. The lowest BCUT2D eigenvalue weighted by molar-refractivity contribution is 0.153. The molecule has 1 amide bonds. The molecule has 1 aliphatic rings. The molecule has 1 aromatic carbocycles. The zero-order valence-electron chi connectivity index (χ0n) is 9.50. The number of rotatable bonds is 1. The number of carbonyl (C=O) groups excluding carboxylic acids is 1. The summed E-state index contributed by atoms with van der Waals surface area (Å²) in [7, 11) is 1.50. The smallest absolute Gasteiger partial charge is 0.323 e. The van der Waals surface area contributed by atoms with Gasteiger partial charge in [0.1, 0.15) is 0 Å². The Bertz CT molecular complexity index is 472. The first-order valence-corrected chi connectivity index (χ1v) is 5.83. The van der Waals surface area contributed by atoms with E-state index in [1.54, 1.807) is 0 Å². The Balaban J connectivity index is 2.25. The van der Waals surface area contributed by atoms with E-state index in [4.69, 9.17) is 16.4 Å². The topological polar surface area (TPSA) is 50.7 Å². The van der Waals surface area contributed by atoms with E-state index in [-0.39, 0.29) is 0 Å². The molecule has 2 rings (SSSR count). The summed E-state index contributed by atoms with van der Waals surface area (Å²) in [4.78, 5) is 15.7. The van der Waals surface area contributed by atoms with Gasteiger partial charge in [-0.15, -0.1) is 0 Å². The highest BCUT2D eigenvalue weighted by Crippen LogP contribution is 2.24. The molecule has 1 aliphatic carbocycles. The highest BCUT2D eigenvalue weighted by molar-refractivity contribution is 6.30. The second kappa shape index (κ2) is 5.19. The van der Waals surface area contributed by atoms with Crippen molar-refractivity contribution in [1.82, 2.24) is 5.32 Å². The molecule has 0 spiro atoms. The molecule has 0 bridgehead atoms. The quantitative estimate of drug-likeness (QED) is 0.617. The fourth-order valence-electron chi connectivity index (χ4n) is 1.87. The van der Waals surface area contributed by atoms with E-state index in [9.17, 15) is 4.79 Å². The second-order valence-corrected chi connectivity index (χ2v) is 4.26. The van der Waals surface area contributed by atoms with Gasteiger partial charge in [-0.2, -0.15) is 0 Å². The first kappa shape index (κ1) is 11.9. The predicted octanol–water partition coefficient (Wildman–Crippen LogP) is 2.74. The molecule has 4 nitrogen and oxygen atoms in total. The monoisotopic (exact) mass is 252 g/mol. The van der Waals surface area contributed by atoms with Crippen LogP contribution in [0.25, 0.3) is 0 Å². The molecule has 0 atom stereocenters. The summed E-state index contributed by atoms with van der Waals surface area (Å²) in [6.07, 6.45) is 2.22. The summed E-state index contributed by atoms with van der Waals surface area (Å²) in [6.45, 7) is 0. The Morgan fingerprint density at radius 1 is 1.47 bits per heavy atom. The molecule has 1 N–H and O–H groups in total. The molecule has 0 radical (unpaired) electrons. The SMILES string of the molecule is CNC(=O)O/N=C1/CCCc2cc(Cl)ccc21. The Morgan fingerprint density at radius 3 is 3.06 bits per heavy atom. The van der Waals surface area contributed by atoms with E-state index in [2.05, 4.69) is 10.5 Å². The molecular formula is C12H13ClN2O2. The molecule has 5 heteroatoms. The van der Waals surface area contributed by atoms with Crippen molar-refractivity contribution in [2.24, 2.45) is 5.16 Å². The molecular weight excluding hydrogens is 240 g/mol. The molecule has 90 valence electrons. The number of fused-ring (bicyclic) bond motifs is 1. The fraction of sp³-hybridized carbons (Fsp3) is 0.333. The van der Waals surface area contributed by atoms with Crippen molar-refractivity contribution in [2.75, 3.05) is 7.05 Å². The lowest BCUT2D eigenvalue weighted by atomic mass is 9.90. The van der Waals surface area contributed by atoms with Crippen molar-refractivity contribution >= 4 is 23.4 Å². The molecule has 0 saturated heterocycles. The summed E-state index contributed by atoms with van der Waals surface area (Å²) >= 11 is 5.94. The van der Waals surface area contributed by atoms with Crippen molar-refractivity contribution < 1.29 is 9.63 Å². The van der Waals surface area contributed by atoms with Gasteiger partial charge in [0.2, 0.25) is 0 Å². The average molecular weight is 253 g/mol. The normalized spacial score (nSPS) is 16.5. The van der Waals surface area contributed by atoms with Gasteiger partial charge < -0.3 is 5.32 Å². The number of halogens is 1. The number of oxime groups is 1. The highest BCUT2D eigenvalue weighted by atomic mass is 35.5. The van der Waals surface area contributed by atoms with Crippen LogP contribution in [0.15, 0.2) is 23.4 Å². The molecule has 0 unspecified atom stereocenters. The summed E-state index contributed by atoms with van der Waals surface area (Å²) in [5.74, 6) is 0. The van der Waals surface area contributed by atoms with Crippen LogP contribution >= 0.6 is 11.6 Å². The zero-order valence-corrected chi connectivity index (χ0v) is 10.3. The van der Waals surface area contributed by atoms with Crippen molar-refractivity contribution in [1.29, 1.82) is 0 Å². The first-order valence-electron chi connectivity index (χ1n) is 5.45. The van der Waals surface area contributed by atoms with Crippen LogP contribution < -0.4 is 5.32 Å². The van der Waals surface area contributed by atoms with Gasteiger partial charge in [0.25, 0.3) is 0 Å². The summed E-state index contributed by atoms with van der Waals surface area (Å²) in [5.41, 5.74) is 2.97. The maximum atomic E-state index is 11.0. The van der Waals surface area contributed by atoms with E-state index >= 15 is 0 Å². The molecule has 0 aliphatic heterocycles. The Kier molecular flexibility index (Phi) is 3.64. The van der Waals surface area contributed by atoms with Crippen molar-refractivity contribution in [2.45, 2.75) is 19.3 Å². The maximum Gasteiger partial charge on any atom is 0.433 e. The van der Waals surface area contributed by atoms with E-state index < -0.39 is 6.09 Å². The van der Waals surface area contributed by atoms with Crippen LogP contribution in [0.5, 0.6) is 0 Å². The minimum atomic E-state index is -0.557. The maximum absolute atomic E-state index is 11.0. The fourth-order valence-corrected chi connectivity index (χ4v) is 2.06. The van der Waals surface area contributed by atoms with Crippen LogP contribution in [0.3, 0.4) is 0 Å². The van der Waals surface area contributed by atoms with E-state index in [0.717, 1.165) is 41.1 Å². The molecule has 17 heavy (non-hydrogen) atoms. The predicted molar refractivity (Wildman–Crippen MR) is 66.5 cm³/mol. The molecule has 0 saturated carbocycles. The van der Waals surface area contributed by atoms with E-state index in [0.29, 0.717) is 0 Å². The van der Waals surface area contributed by atoms with Crippen LogP contribution in [0.1, 0.15) is 24.0 Å². The van der Waals surface area contributed by atoms with Gasteiger partial charge >= 0.3 is 6.09 Å². The van der Waals surface area contributed by atoms with Gasteiger partial charge in [-0.25, -0.2) is 4.79 Å². The zero-order chi connectivity index (χ0) is 12.3. The minimum Gasteiger partial charge on any atom is -0.323 e. The van der Waals surface area contributed by atoms with Crippen LogP contribution in [0.2, 0.25) is 5.02 Å². The van der Waals surface area contributed by atoms with Gasteiger partial charge in [-0.1, -0.05) is 22.8 Å². The van der Waals surface area contributed by atoms with Gasteiger partial charge in [-0.05, 0) is 37.0 Å². The van der Waals surface area contributed by atoms with E-state index in [1.165, 1.54) is 7.05 Å². The van der Waals surface area contributed by atoms with Crippen LogP contribution in [-0.4, -0.2) is 18.9 Å². The van der Waals surface area contributed by atoms with Gasteiger partial charge in [0.05, 0.1) is 5.71 Å². The van der Waals surface area contributed by atoms with Gasteiger partial charge in [-0.3, -0.25) is 4.84 Å². The van der Waals surface area contributed by atoms with E-state index in [1.807, 2.05) is 18.2 Å². The third-order valence-electron chi connectivity index (χ3n) is 2.68. The molecule has 1 aromatic rings. The number of hydrogen-bond donors (Lipinski definition) is 1. The number of benzene rings is 1. The molecule has 0 aromatic heterocycles. The third kappa shape index (κ3) is 2.77. The van der Waals surface area contributed by atoms with Crippen LogP contribution in [0, 0.1) is 0 Å². The highest BCUT2D eigenvalue weighted by Gasteiger charge is 2.16. The summed E-state index contributed by atoms with van der Waals surface area (Å²) in [6, 6.07) is 5.68. The van der Waals surface area contributed by atoms with Crippen molar-refractivity contribution in [3.63, 3.8) is 0 Å². The number of hydrogen-bond acceptors (Lipinski definition) is 3. The lowest BCUT2D eigenvalue weighted by Crippen LogP contribution is -2.19. The largest absolute Gasteiger partial charge is 0.433 e. The van der Waals surface area contributed by atoms with Gasteiger partial charge in [0.15, 0.2) is 0 Å². The van der Waals surface area contributed by atoms with Crippen molar-refractivity contribution in [3.05, 3.63) is 34.3 Å². The number of nitrogens with one attached hydrogen (secondary N) is 1. The minimum absolute atomic E-state index is 0.557. The third-order valence-corrected chi connectivity index (χ3v) is 2.92. The standard InChI is InChI=1S/C12H13ClN2O2/c1-14-12(16)17-15-11-4-2-3-8-7-9(13)5-6-10(8)11/h5-7H,2-4H2,1H3,(H,14,16)/b15-11-. The Labute approximate surface area is 105 Å². The summed E-state index contributed by atoms with van der Waals surface area (Å²) in [5, 5.41) is 6.95. The second-order valence-electron chi connectivity index (χ2n) is 3.82. The van der Waals surface area contributed by atoms with Crippen LogP contribution in [0.4, 0.5) is 4.79 Å². The number of nitrogens with zero attached hydrogens (tertiary/aromatic N) is 1. The molecule has 0 fully saturated rings. The van der Waals surface area contributed by atoms with Crippen LogP contribution in [-0.2, 0) is 11.3 Å². The van der Waals surface area contributed by atoms with Gasteiger partial charge in [0, 0.05) is 17.6 Å². The van der Waals surface area contributed by atoms with Crippen molar-refractivity contribution in [3.8, 4) is 0 Å². The number of amides is 1. The summed E-state index contributed by atoms with van der Waals surface area (Å²) < 4.78 is 0. The Hall–Kier alpha value is -1.55. The average Bonchev–Trinajstić information content (AvgIpc) is 2.35.